The highest BCUT2D eigenvalue weighted by Crippen LogP contribution is 2.29. The van der Waals surface area contributed by atoms with E-state index in [9.17, 15) is 4.79 Å². The number of carbonyl (C=O) groups is 1. The molecule has 0 aliphatic carbocycles. The van der Waals surface area contributed by atoms with E-state index in [1.165, 1.54) is 19.3 Å². The van der Waals surface area contributed by atoms with Gasteiger partial charge in [-0.25, -0.2) is 0 Å². The van der Waals surface area contributed by atoms with Crippen LogP contribution in [0.15, 0.2) is 0 Å². The number of amides is 1. The van der Waals surface area contributed by atoms with Crippen LogP contribution in [0.4, 0.5) is 0 Å². The van der Waals surface area contributed by atoms with Gasteiger partial charge in [0.2, 0.25) is 5.91 Å². The third-order valence-electron chi connectivity index (χ3n) is 4.50. The number of nitrogens with one attached hydrogen (secondary N) is 2. The van der Waals surface area contributed by atoms with Crippen LogP contribution in [-0.4, -0.2) is 50.1 Å². The Balaban J connectivity index is 1.68. The van der Waals surface area contributed by atoms with Gasteiger partial charge in [0.1, 0.15) is 0 Å². The first-order valence-corrected chi connectivity index (χ1v) is 7.26. The molecule has 104 valence electrons. The van der Waals surface area contributed by atoms with E-state index >= 15 is 0 Å². The average Bonchev–Trinajstić information content (AvgIpc) is 2.84. The van der Waals surface area contributed by atoms with Gasteiger partial charge in [-0.1, -0.05) is 6.92 Å². The quantitative estimate of drug-likeness (QED) is 0.785. The maximum absolute atomic E-state index is 11.9. The van der Waals surface area contributed by atoms with Crippen molar-refractivity contribution in [3.8, 4) is 0 Å². The summed E-state index contributed by atoms with van der Waals surface area (Å²) in [5, 5.41) is 6.51. The van der Waals surface area contributed by atoms with Gasteiger partial charge >= 0.3 is 0 Å². The Hall–Kier alpha value is -0.610. The lowest BCUT2D eigenvalue weighted by Gasteiger charge is -2.38. The first kappa shape index (κ1) is 13.8. The third kappa shape index (κ3) is 3.95. The molecule has 2 rings (SSSR count). The summed E-state index contributed by atoms with van der Waals surface area (Å²) in [6.07, 6.45) is 5.38. The Bertz CT molecular complexity index is 279. The van der Waals surface area contributed by atoms with Crippen molar-refractivity contribution in [1.82, 2.24) is 15.5 Å². The molecule has 4 heteroatoms. The molecule has 0 radical (unpaired) electrons. The van der Waals surface area contributed by atoms with Gasteiger partial charge in [-0.2, -0.15) is 0 Å². The molecule has 2 saturated heterocycles. The summed E-state index contributed by atoms with van der Waals surface area (Å²) in [7, 11) is 2.17. The predicted molar refractivity (Wildman–Crippen MR) is 73.5 cm³/mol. The van der Waals surface area contributed by atoms with Gasteiger partial charge in [0.15, 0.2) is 0 Å². The molecule has 2 aliphatic rings. The normalized spacial score (nSPS) is 28.2. The Morgan fingerprint density at radius 2 is 2.17 bits per heavy atom. The van der Waals surface area contributed by atoms with Crippen LogP contribution >= 0.6 is 0 Å². The minimum atomic E-state index is 0.217. The van der Waals surface area contributed by atoms with Crippen molar-refractivity contribution in [2.45, 2.75) is 45.1 Å². The van der Waals surface area contributed by atoms with Gasteiger partial charge in [-0.05, 0) is 57.8 Å². The molecular formula is C14H27N3O. The molecule has 0 bridgehead atoms. The standard InChI is InChI=1S/C14H27N3O/c1-14(5-8-17(2)9-6-14)11-16-13(18)10-12-4-3-7-15-12/h12,15H,3-11H2,1-2H3,(H,16,18). The van der Waals surface area contributed by atoms with Gasteiger partial charge in [0.05, 0.1) is 0 Å². The van der Waals surface area contributed by atoms with E-state index in [2.05, 4.69) is 29.5 Å². The zero-order valence-electron chi connectivity index (χ0n) is 11.8. The molecule has 0 aromatic rings. The van der Waals surface area contributed by atoms with Crippen LogP contribution in [0.2, 0.25) is 0 Å². The van der Waals surface area contributed by atoms with Crippen LogP contribution < -0.4 is 10.6 Å². The molecule has 0 aromatic carbocycles. The van der Waals surface area contributed by atoms with Crippen LogP contribution in [0.1, 0.15) is 39.0 Å². The van der Waals surface area contributed by atoms with Gasteiger partial charge < -0.3 is 15.5 Å². The highest BCUT2D eigenvalue weighted by atomic mass is 16.1. The molecule has 0 saturated carbocycles. The Morgan fingerprint density at radius 3 is 2.78 bits per heavy atom. The molecule has 1 amide bonds. The van der Waals surface area contributed by atoms with Crippen molar-refractivity contribution < 1.29 is 4.79 Å². The molecule has 0 aromatic heterocycles. The van der Waals surface area contributed by atoms with Crippen molar-refractivity contribution >= 4 is 5.91 Å². The van der Waals surface area contributed by atoms with Crippen molar-refractivity contribution in [1.29, 1.82) is 0 Å². The molecule has 2 heterocycles. The number of likely N-dealkylation sites (tertiary alicyclic amines) is 1. The first-order valence-electron chi connectivity index (χ1n) is 7.26. The highest BCUT2D eigenvalue weighted by molar-refractivity contribution is 5.76. The Kier molecular flexibility index (Phi) is 4.62. The summed E-state index contributed by atoms with van der Waals surface area (Å²) in [5.41, 5.74) is 0.297. The molecule has 1 atom stereocenters. The van der Waals surface area contributed by atoms with E-state index in [0.29, 0.717) is 17.9 Å². The fraction of sp³-hybridized carbons (Fsp3) is 0.929. The van der Waals surface area contributed by atoms with E-state index in [1.807, 2.05) is 0 Å². The fourth-order valence-electron chi connectivity index (χ4n) is 2.87. The summed E-state index contributed by atoms with van der Waals surface area (Å²) in [4.78, 5) is 14.3. The Labute approximate surface area is 110 Å². The number of rotatable bonds is 4. The zero-order valence-corrected chi connectivity index (χ0v) is 11.8. The van der Waals surface area contributed by atoms with Crippen molar-refractivity contribution in [2.24, 2.45) is 5.41 Å². The first-order chi connectivity index (χ1) is 8.57. The van der Waals surface area contributed by atoms with Crippen LogP contribution in [-0.2, 0) is 4.79 Å². The van der Waals surface area contributed by atoms with E-state index in [1.54, 1.807) is 0 Å². The monoisotopic (exact) mass is 253 g/mol. The number of carbonyl (C=O) groups excluding carboxylic acids is 1. The number of hydrogen-bond acceptors (Lipinski definition) is 3. The molecule has 2 fully saturated rings. The lowest BCUT2D eigenvalue weighted by atomic mass is 9.80. The van der Waals surface area contributed by atoms with Crippen LogP contribution in [0.25, 0.3) is 0 Å². The van der Waals surface area contributed by atoms with Crippen LogP contribution in [0.5, 0.6) is 0 Å². The Morgan fingerprint density at radius 1 is 1.44 bits per heavy atom. The smallest absolute Gasteiger partial charge is 0.221 e. The summed E-state index contributed by atoms with van der Waals surface area (Å²) < 4.78 is 0. The lowest BCUT2D eigenvalue weighted by molar-refractivity contribution is -0.122. The fourth-order valence-corrected chi connectivity index (χ4v) is 2.87. The van der Waals surface area contributed by atoms with E-state index in [0.717, 1.165) is 32.6 Å². The van der Waals surface area contributed by atoms with E-state index in [4.69, 9.17) is 0 Å². The zero-order chi connectivity index (χ0) is 13.0. The van der Waals surface area contributed by atoms with Gasteiger partial charge in [-0.3, -0.25) is 4.79 Å². The average molecular weight is 253 g/mol. The second kappa shape index (κ2) is 6.02. The van der Waals surface area contributed by atoms with Crippen LogP contribution in [0, 0.1) is 5.41 Å². The van der Waals surface area contributed by atoms with E-state index in [-0.39, 0.29) is 5.91 Å². The van der Waals surface area contributed by atoms with Crippen molar-refractivity contribution in [3.63, 3.8) is 0 Å². The SMILES string of the molecule is CN1CCC(C)(CNC(=O)CC2CCCN2)CC1. The highest BCUT2D eigenvalue weighted by Gasteiger charge is 2.29. The molecule has 2 N–H and O–H groups in total. The molecular weight excluding hydrogens is 226 g/mol. The minimum Gasteiger partial charge on any atom is -0.356 e. The maximum atomic E-state index is 11.9. The molecule has 2 aliphatic heterocycles. The van der Waals surface area contributed by atoms with E-state index < -0.39 is 0 Å². The molecule has 4 nitrogen and oxygen atoms in total. The molecule has 18 heavy (non-hydrogen) atoms. The third-order valence-corrected chi connectivity index (χ3v) is 4.50. The topological polar surface area (TPSA) is 44.4 Å². The second-order valence-corrected chi connectivity index (χ2v) is 6.39. The summed E-state index contributed by atoms with van der Waals surface area (Å²) in [5.74, 6) is 0.217. The lowest BCUT2D eigenvalue weighted by Crippen LogP contribution is -2.44. The van der Waals surface area contributed by atoms with Crippen LogP contribution in [0.3, 0.4) is 0 Å². The number of hydrogen-bond donors (Lipinski definition) is 2. The van der Waals surface area contributed by atoms with Gasteiger partial charge in [-0.15, -0.1) is 0 Å². The number of piperidine rings is 1. The largest absolute Gasteiger partial charge is 0.356 e. The summed E-state index contributed by atoms with van der Waals surface area (Å²) in [6.45, 7) is 6.51. The van der Waals surface area contributed by atoms with Gasteiger partial charge in [0.25, 0.3) is 0 Å². The van der Waals surface area contributed by atoms with Crippen molar-refractivity contribution in [2.75, 3.05) is 33.2 Å². The summed E-state index contributed by atoms with van der Waals surface area (Å²) >= 11 is 0. The minimum absolute atomic E-state index is 0.217. The summed E-state index contributed by atoms with van der Waals surface area (Å²) in [6, 6.07) is 0.412. The second-order valence-electron chi connectivity index (χ2n) is 6.39. The maximum Gasteiger partial charge on any atom is 0.221 e. The van der Waals surface area contributed by atoms with Gasteiger partial charge in [0, 0.05) is 19.0 Å². The molecule has 0 spiro atoms. The predicted octanol–water partition coefficient (Wildman–Crippen LogP) is 0.977. The number of nitrogens with zero attached hydrogens (tertiary/aromatic N) is 1. The van der Waals surface area contributed by atoms with Crippen molar-refractivity contribution in [3.05, 3.63) is 0 Å². The molecule has 1 unspecified atom stereocenters.